The molecule has 0 radical (unpaired) electrons. The fourth-order valence-corrected chi connectivity index (χ4v) is 3.78. The summed E-state index contributed by atoms with van der Waals surface area (Å²) >= 11 is 0. The van der Waals surface area contributed by atoms with Gasteiger partial charge in [-0.3, -0.25) is 0 Å². The third-order valence-electron chi connectivity index (χ3n) is 5.37. The molecule has 1 heterocycles. The van der Waals surface area contributed by atoms with Crippen LogP contribution in [0.5, 0.6) is 0 Å². The first-order valence-corrected chi connectivity index (χ1v) is 9.81. The monoisotopic (exact) mass is 361 g/mol. The van der Waals surface area contributed by atoms with Gasteiger partial charge in [-0.2, -0.15) is 0 Å². The first-order valence-electron chi connectivity index (χ1n) is 9.81. The van der Waals surface area contributed by atoms with Crippen molar-refractivity contribution in [2.45, 2.75) is 26.7 Å². The van der Waals surface area contributed by atoms with Crippen molar-refractivity contribution in [3.05, 3.63) is 83.2 Å². The summed E-state index contributed by atoms with van der Waals surface area (Å²) < 4.78 is 0. The molecule has 1 atom stereocenters. The summed E-state index contributed by atoms with van der Waals surface area (Å²) in [5.41, 5.74) is 7.74. The summed E-state index contributed by atoms with van der Waals surface area (Å²) in [6, 6.07) is 20.0. The van der Waals surface area contributed by atoms with Crippen molar-refractivity contribution in [2.24, 2.45) is 0 Å². The van der Waals surface area contributed by atoms with Gasteiger partial charge in [0.15, 0.2) is 0 Å². The molecule has 0 bridgehead atoms. The molecule has 0 amide bonds. The van der Waals surface area contributed by atoms with Crippen LogP contribution in [-0.4, -0.2) is 32.2 Å². The Morgan fingerprint density at radius 1 is 0.889 bits per heavy atom. The van der Waals surface area contributed by atoms with Crippen molar-refractivity contribution < 1.29 is 0 Å². The summed E-state index contributed by atoms with van der Waals surface area (Å²) in [5, 5.41) is 0. The van der Waals surface area contributed by atoms with Crippen LogP contribution in [0.3, 0.4) is 0 Å². The van der Waals surface area contributed by atoms with Gasteiger partial charge in [-0.15, -0.1) is 0 Å². The number of benzene rings is 2. The maximum absolute atomic E-state index is 3.44. The lowest BCUT2D eigenvalue weighted by molar-refractivity contribution is 0.861. The predicted molar refractivity (Wildman–Crippen MR) is 117 cm³/mol. The molecule has 0 fully saturated rings. The minimum Gasteiger partial charge on any atom is -0.378 e. The van der Waals surface area contributed by atoms with Gasteiger partial charge in [-0.1, -0.05) is 18.2 Å². The molecule has 0 aliphatic rings. The average molecular weight is 362 g/mol. The third kappa shape index (κ3) is 4.02. The number of aromatic amines is 1. The largest absolute Gasteiger partial charge is 0.378 e. The average Bonchev–Trinajstić information content (AvgIpc) is 3.19. The highest BCUT2D eigenvalue weighted by atomic mass is 15.1. The first kappa shape index (κ1) is 19.1. The van der Waals surface area contributed by atoms with E-state index in [1.54, 1.807) is 0 Å². The number of rotatable bonds is 7. The maximum Gasteiger partial charge on any atom is 0.0493 e. The molecule has 1 N–H and O–H groups in total. The van der Waals surface area contributed by atoms with Gasteiger partial charge < -0.3 is 14.8 Å². The standard InChI is InChI=1S/C24H31N3/c1-6-27(7-2)21-14-15-22(18(3)17-21)24(23-9-8-16-25-23)19-10-12-20(13-11-19)26(4)5/h8-17,24-25H,6-7H2,1-5H3. The van der Waals surface area contributed by atoms with Crippen molar-refractivity contribution >= 4 is 11.4 Å². The SMILES string of the molecule is CCN(CC)c1ccc(C(c2ccc(N(C)C)cc2)c2ccc[nH]2)c(C)c1. The summed E-state index contributed by atoms with van der Waals surface area (Å²) in [7, 11) is 4.15. The molecule has 3 rings (SSSR count). The van der Waals surface area contributed by atoms with Crippen molar-refractivity contribution in [2.75, 3.05) is 37.0 Å². The van der Waals surface area contributed by atoms with Gasteiger partial charge in [0.05, 0.1) is 0 Å². The van der Waals surface area contributed by atoms with E-state index >= 15 is 0 Å². The summed E-state index contributed by atoms with van der Waals surface area (Å²) in [4.78, 5) is 7.97. The van der Waals surface area contributed by atoms with Crippen LogP contribution in [0.25, 0.3) is 0 Å². The van der Waals surface area contributed by atoms with E-state index < -0.39 is 0 Å². The first-order chi connectivity index (χ1) is 13.0. The van der Waals surface area contributed by atoms with Crippen LogP contribution >= 0.6 is 0 Å². The zero-order valence-electron chi connectivity index (χ0n) is 17.2. The Balaban J connectivity index is 2.04. The van der Waals surface area contributed by atoms with Crippen LogP contribution < -0.4 is 9.80 Å². The molecule has 3 aromatic rings. The smallest absolute Gasteiger partial charge is 0.0493 e. The number of hydrogen-bond donors (Lipinski definition) is 1. The van der Waals surface area contributed by atoms with Crippen LogP contribution in [0.2, 0.25) is 0 Å². The van der Waals surface area contributed by atoms with E-state index in [1.807, 2.05) is 6.20 Å². The lowest BCUT2D eigenvalue weighted by Gasteiger charge is -2.25. The van der Waals surface area contributed by atoms with E-state index in [0.717, 1.165) is 13.1 Å². The lowest BCUT2D eigenvalue weighted by Crippen LogP contribution is -2.22. The van der Waals surface area contributed by atoms with Gasteiger partial charge in [0.25, 0.3) is 0 Å². The van der Waals surface area contributed by atoms with Crippen molar-refractivity contribution in [1.82, 2.24) is 4.98 Å². The van der Waals surface area contributed by atoms with Gasteiger partial charge in [-0.05, 0) is 73.9 Å². The van der Waals surface area contributed by atoms with E-state index in [9.17, 15) is 0 Å². The van der Waals surface area contributed by atoms with E-state index in [2.05, 4.69) is 104 Å². The molecule has 3 heteroatoms. The third-order valence-corrected chi connectivity index (χ3v) is 5.37. The van der Waals surface area contributed by atoms with Crippen LogP contribution in [0.15, 0.2) is 60.8 Å². The second kappa shape index (κ2) is 8.34. The molecule has 27 heavy (non-hydrogen) atoms. The van der Waals surface area contributed by atoms with Crippen LogP contribution in [-0.2, 0) is 0 Å². The molecule has 2 aromatic carbocycles. The molecule has 142 valence electrons. The van der Waals surface area contributed by atoms with Gasteiger partial charge in [0, 0.05) is 56.4 Å². The summed E-state index contributed by atoms with van der Waals surface area (Å²) in [6.07, 6.45) is 2.01. The number of hydrogen-bond acceptors (Lipinski definition) is 2. The molecule has 0 aliphatic carbocycles. The molecule has 0 saturated heterocycles. The minimum absolute atomic E-state index is 0.210. The second-order valence-electron chi connectivity index (χ2n) is 7.26. The van der Waals surface area contributed by atoms with Gasteiger partial charge in [0.1, 0.15) is 0 Å². The summed E-state index contributed by atoms with van der Waals surface area (Å²) in [5.74, 6) is 0.210. The van der Waals surface area contributed by atoms with Gasteiger partial charge >= 0.3 is 0 Å². The minimum atomic E-state index is 0.210. The number of H-pyrrole nitrogens is 1. The molecule has 1 unspecified atom stereocenters. The van der Waals surface area contributed by atoms with E-state index in [1.165, 1.54) is 33.8 Å². The Morgan fingerprint density at radius 3 is 2.07 bits per heavy atom. The van der Waals surface area contributed by atoms with Gasteiger partial charge in [-0.25, -0.2) is 0 Å². The lowest BCUT2D eigenvalue weighted by atomic mass is 9.85. The Labute approximate surface area is 163 Å². The van der Waals surface area contributed by atoms with Gasteiger partial charge in [0.2, 0.25) is 0 Å². The zero-order valence-corrected chi connectivity index (χ0v) is 17.2. The van der Waals surface area contributed by atoms with E-state index in [0.29, 0.717) is 0 Å². The molecule has 0 aliphatic heterocycles. The van der Waals surface area contributed by atoms with Crippen LogP contribution in [0, 0.1) is 6.92 Å². The zero-order chi connectivity index (χ0) is 19.4. The number of aromatic nitrogens is 1. The quantitative estimate of drug-likeness (QED) is 0.607. The Morgan fingerprint density at radius 2 is 1.56 bits per heavy atom. The number of anilines is 2. The fourth-order valence-electron chi connectivity index (χ4n) is 3.78. The fraction of sp³-hybridized carbons (Fsp3) is 0.333. The molecule has 3 nitrogen and oxygen atoms in total. The normalized spacial score (nSPS) is 12.0. The van der Waals surface area contributed by atoms with Crippen molar-refractivity contribution in [3.8, 4) is 0 Å². The number of aryl methyl sites for hydroxylation is 1. The molecular weight excluding hydrogens is 330 g/mol. The Hall–Kier alpha value is -2.68. The number of nitrogens with one attached hydrogen (secondary N) is 1. The van der Waals surface area contributed by atoms with E-state index in [4.69, 9.17) is 0 Å². The van der Waals surface area contributed by atoms with E-state index in [-0.39, 0.29) is 5.92 Å². The Bertz CT molecular complexity index is 844. The second-order valence-corrected chi connectivity index (χ2v) is 7.26. The summed E-state index contributed by atoms with van der Waals surface area (Å²) in [6.45, 7) is 8.71. The topological polar surface area (TPSA) is 22.3 Å². The highest BCUT2D eigenvalue weighted by Crippen LogP contribution is 2.35. The number of nitrogens with zero attached hydrogens (tertiary/aromatic N) is 2. The molecule has 0 saturated carbocycles. The van der Waals surface area contributed by atoms with Crippen LogP contribution in [0.4, 0.5) is 11.4 Å². The van der Waals surface area contributed by atoms with Crippen LogP contribution in [0.1, 0.15) is 42.1 Å². The highest BCUT2D eigenvalue weighted by Gasteiger charge is 2.20. The highest BCUT2D eigenvalue weighted by molar-refractivity contribution is 5.55. The predicted octanol–water partition coefficient (Wildman–Crippen LogP) is 5.42. The molecular formula is C24H31N3. The van der Waals surface area contributed by atoms with Crippen molar-refractivity contribution in [3.63, 3.8) is 0 Å². The Kier molecular flexibility index (Phi) is 5.90. The molecule has 0 spiro atoms. The molecule has 1 aromatic heterocycles. The maximum atomic E-state index is 3.44. The van der Waals surface area contributed by atoms with Crippen molar-refractivity contribution in [1.29, 1.82) is 0 Å².